The second kappa shape index (κ2) is 6.48. The molecule has 0 saturated carbocycles. The topological polar surface area (TPSA) is 70.4 Å². The number of aliphatic hydroxyl groups is 1. The fourth-order valence-electron chi connectivity index (χ4n) is 3.31. The number of rotatable bonds is 3. The highest BCUT2D eigenvalue weighted by atomic mass is 19.1. The van der Waals surface area contributed by atoms with Crippen molar-refractivity contribution in [3.05, 3.63) is 52.6 Å². The maximum Gasteiger partial charge on any atom is 0.317 e. The van der Waals surface area contributed by atoms with E-state index >= 15 is 0 Å². The van der Waals surface area contributed by atoms with Crippen LogP contribution in [0.4, 0.5) is 9.18 Å². The number of amides is 2. The van der Waals surface area contributed by atoms with Gasteiger partial charge in [0.2, 0.25) is 0 Å². The Morgan fingerprint density at radius 1 is 1.36 bits per heavy atom. The summed E-state index contributed by atoms with van der Waals surface area (Å²) in [6, 6.07) is 5.56. The number of carbonyl (C=O) groups excluding carboxylic acids is 1. The average Bonchev–Trinajstić information content (AvgIpc) is 3.08. The normalized spacial score (nSPS) is 20.1. The minimum Gasteiger partial charge on any atom is -0.383 e. The molecule has 0 radical (unpaired) electrons. The zero-order valence-electron chi connectivity index (χ0n) is 14.7. The molecule has 1 unspecified atom stereocenters. The van der Waals surface area contributed by atoms with E-state index in [1.165, 1.54) is 12.1 Å². The number of urea groups is 1. The maximum atomic E-state index is 13.1. The number of aryl methyl sites for hydroxylation is 2. The monoisotopic (exact) mass is 346 g/mol. The molecule has 0 spiro atoms. The summed E-state index contributed by atoms with van der Waals surface area (Å²) in [5.74, 6) is -0.345. The molecule has 134 valence electrons. The molecule has 3 rings (SSSR count). The quantitative estimate of drug-likeness (QED) is 0.893. The molecule has 25 heavy (non-hydrogen) atoms. The number of halogens is 1. The molecule has 1 saturated heterocycles. The molecule has 0 aliphatic carbocycles. The van der Waals surface area contributed by atoms with E-state index < -0.39 is 5.60 Å². The molecular weight excluding hydrogens is 323 g/mol. The largest absolute Gasteiger partial charge is 0.383 e. The number of nitrogens with one attached hydrogen (secondary N) is 1. The summed E-state index contributed by atoms with van der Waals surface area (Å²) in [6.07, 6.45) is 0.428. The second-order valence-corrected chi connectivity index (χ2v) is 6.64. The lowest BCUT2D eigenvalue weighted by atomic mass is 9.93. The molecule has 2 N–H and O–H groups in total. The maximum absolute atomic E-state index is 13.1. The number of benzene rings is 1. The third-order valence-electron chi connectivity index (χ3n) is 4.99. The van der Waals surface area contributed by atoms with E-state index in [4.69, 9.17) is 0 Å². The Hall–Kier alpha value is -2.41. The van der Waals surface area contributed by atoms with Crippen LogP contribution in [-0.4, -0.2) is 38.9 Å². The van der Waals surface area contributed by atoms with Gasteiger partial charge in [-0.05, 0) is 38.0 Å². The Morgan fingerprint density at radius 2 is 2.04 bits per heavy atom. The zero-order valence-corrected chi connectivity index (χ0v) is 14.7. The summed E-state index contributed by atoms with van der Waals surface area (Å²) < 4.78 is 14.9. The summed E-state index contributed by atoms with van der Waals surface area (Å²) in [6.45, 7) is 4.91. The van der Waals surface area contributed by atoms with E-state index in [1.807, 2.05) is 20.9 Å². The molecule has 6 nitrogen and oxygen atoms in total. The lowest BCUT2D eigenvalue weighted by Gasteiger charge is -2.24. The van der Waals surface area contributed by atoms with E-state index in [-0.39, 0.29) is 18.4 Å². The first-order valence-corrected chi connectivity index (χ1v) is 8.30. The van der Waals surface area contributed by atoms with Gasteiger partial charge in [0.15, 0.2) is 0 Å². The number of likely N-dealkylation sites (tertiary alicyclic amines) is 1. The fourth-order valence-corrected chi connectivity index (χ4v) is 3.31. The smallest absolute Gasteiger partial charge is 0.317 e. The van der Waals surface area contributed by atoms with Gasteiger partial charge in [-0.1, -0.05) is 12.1 Å². The van der Waals surface area contributed by atoms with Gasteiger partial charge in [-0.25, -0.2) is 9.18 Å². The van der Waals surface area contributed by atoms with Crippen LogP contribution in [0.5, 0.6) is 0 Å². The highest BCUT2D eigenvalue weighted by Crippen LogP contribution is 2.32. The van der Waals surface area contributed by atoms with Crippen LogP contribution in [0.3, 0.4) is 0 Å². The first kappa shape index (κ1) is 17.4. The van der Waals surface area contributed by atoms with Gasteiger partial charge >= 0.3 is 6.03 Å². The van der Waals surface area contributed by atoms with Crippen molar-refractivity contribution in [1.82, 2.24) is 20.0 Å². The van der Waals surface area contributed by atoms with Crippen molar-refractivity contribution in [2.75, 3.05) is 13.1 Å². The van der Waals surface area contributed by atoms with Crippen LogP contribution in [-0.2, 0) is 19.2 Å². The molecule has 1 aliphatic heterocycles. The van der Waals surface area contributed by atoms with Gasteiger partial charge in [0.25, 0.3) is 0 Å². The molecule has 0 bridgehead atoms. The molecular formula is C18H23FN4O2. The van der Waals surface area contributed by atoms with Crippen molar-refractivity contribution < 1.29 is 14.3 Å². The SMILES string of the molecule is Cc1nn(C)c(C)c1CNC(=O)N1CCC(O)(c2ccc(F)cc2)C1. The molecule has 2 amide bonds. The summed E-state index contributed by atoms with van der Waals surface area (Å²) in [7, 11) is 1.87. The fraction of sp³-hybridized carbons (Fsp3) is 0.444. The van der Waals surface area contributed by atoms with Gasteiger partial charge in [0, 0.05) is 31.4 Å². The highest BCUT2D eigenvalue weighted by Gasteiger charge is 2.39. The van der Waals surface area contributed by atoms with E-state index in [9.17, 15) is 14.3 Å². The standard InChI is InChI=1S/C18H23FN4O2/c1-12-16(13(2)22(3)21-12)10-20-17(24)23-9-8-18(25,11-23)14-4-6-15(19)7-5-14/h4-7,25H,8-11H2,1-3H3,(H,20,24). The second-order valence-electron chi connectivity index (χ2n) is 6.64. The number of aromatic nitrogens is 2. The Kier molecular flexibility index (Phi) is 4.51. The van der Waals surface area contributed by atoms with Gasteiger partial charge < -0.3 is 15.3 Å². The van der Waals surface area contributed by atoms with Crippen LogP contribution in [0, 0.1) is 19.7 Å². The number of nitrogens with zero attached hydrogens (tertiary/aromatic N) is 3. The summed E-state index contributed by atoms with van der Waals surface area (Å²) >= 11 is 0. The van der Waals surface area contributed by atoms with Gasteiger partial charge in [-0.3, -0.25) is 4.68 Å². The van der Waals surface area contributed by atoms with E-state index in [2.05, 4.69) is 10.4 Å². The van der Waals surface area contributed by atoms with Crippen LogP contribution in [0.1, 0.15) is 28.9 Å². The summed E-state index contributed by atoms with van der Waals surface area (Å²) in [4.78, 5) is 14.0. The van der Waals surface area contributed by atoms with Crippen molar-refractivity contribution in [1.29, 1.82) is 0 Å². The predicted octanol–water partition coefficient (Wildman–Crippen LogP) is 1.98. The molecule has 7 heteroatoms. The summed E-state index contributed by atoms with van der Waals surface area (Å²) in [5.41, 5.74) is 2.41. The third kappa shape index (κ3) is 3.37. The van der Waals surface area contributed by atoms with Crippen molar-refractivity contribution >= 4 is 6.03 Å². The van der Waals surface area contributed by atoms with Gasteiger partial charge in [-0.2, -0.15) is 5.10 Å². The lowest BCUT2D eigenvalue weighted by Crippen LogP contribution is -2.40. The average molecular weight is 346 g/mol. The van der Waals surface area contributed by atoms with Gasteiger partial charge in [0.05, 0.1) is 12.2 Å². The van der Waals surface area contributed by atoms with E-state index in [1.54, 1.807) is 21.7 Å². The van der Waals surface area contributed by atoms with Crippen LogP contribution >= 0.6 is 0 Å². The number of carbonyl (C=O) groups is 1. The number of β-amino-alcohol motifs (C(OH)–C–C–N with tert-alkyl or cyclic N) is 1. The Labute approximate surface area is 146 Å². The molecule has 1 atom stereocenters. The molecule has 1 aromatic carbocycles. The van der Waals surface area contributed by atoms with Crippen LogP contribution in [0.15, 0.2) is 24.3 Å². The molecule has 2 aromatic rings. The molecule has 1 aromatic heterocycles. The number of hydrogen-bond acceptors (Lipinski definition) is 3. The minimum atomic E-state index is -1.13. The van der Waals surface area contributed by atoms with E-state index in [0.29, 0.717) is 25.1 Å². The van der Waals surface area contributed by atoms with Crippen molar-refractivity contribution in [2.45, 2.75) is 32.4 Å². The molecule has 1 aliphatic rings. The Morgan fingerprint density at radius 3 is 2.64 bits per heavy atom. The van der Waals surface area contributed by atoms with Gasteiger partial charge in [0.1, 0.15) is 11.4 Å². The number of hydrogen-bond donors (Lipinski definition) is 2. The van der Waals surface area contributed by atoms with Gasteiger partial charge in [-0.15, -0.1) is 0 Å². The zero-order chi connectivity index (χ0) is 18.2. The first-order chi connectivity index (χ1) is 11.8. The third-order valence-corrected chi connectivity index (χ3v) is 4.99. The molecule has 2 heterocycles. The molecule has 1 fully saturated rings. The minimum absolute atomic E-state index is 0.190. The van der Waals surface area contributed by atoms with Crippen LogP contribution < -0.4 is 5.32 Å². The van der Waals surface area contributed by atoms with Crippen molar-refractivity contribution in [2.24, 2.45) is 7.05 Å². The first-order valence-electron chi connectivity index (χ1n) is 8.30. The van der Waals surface area contributed by atoms with E-state index in [0.717, 1.165) is 17.0 Å². The van der Waals surface area contributed by atoms with Crippen molar-refractivity contribution in [3.8, 4) is 0 Å². The summed E-state index contributed by atoms with van der Waals surface area (Å²) in [5, 5.41) is 18.0. The van der Waals surface area contributed by atoms with Crippen LogP contribution in [0.2, 0.25) is 0 Å². The Bertz CT molecular complexity index is 787. The predicted molar refractivity (Wildman–Crippen MR) is 91.4 cm³/mol. The van der Waals surface area contributed by atoms with Crippen molar-refractivity contribution in [3.63, 3.8) is 0 Å². The highest BCUT2D eigenvalue weighted by molar-refractivity contribution is 5.74. The lowest BCUT2D eigenvalue weighted by molar-refractivity contribution is 0.0493. The van der Waals surface area contributed by atoms with Crippen LogP contribution in [0.25, 0.3) is 0 Å². The Balaban J connectivity index is 1.63.